The van der Waals surface area contributed by atoms with Crippen molar-refractivity contribution in [3.8, 4) is 0 Å². The summed E-state index contributed by atoms with van der Waals surface area (Å²) in [6.07, 6.45) is 0. The van der Waals surface area contributed by atoms with Crippen LogP contribution in [0.1, 0.15) is 42.7 Å². The third-order valence-corrected chi connectivity index (χ3v) is 4.53. The number of hydrogen-bond acceptors (Lipinski definition) is 6. The molecule has 0 unspecified atom stereocenters. The van der Waals surface area contributed by atoms with E-state index in [-0.39, 0.29) is 11.9 Å². The Labute approximate surface area is 153 Å². The quantitative estimate of drug-likeness (QED) is 0.908. The van der Waals surface area contributed by atoms with Crippen LogP contribution in [-0.4, -0.2) is 52.2 Å². The molecule has 2 aromatic rings. The molecule has 2 aromatic heterocycles. The van der Waals surface area contributed by atoms with Gasteiger partial charge in [-0.1, -0.05) is 19.0 Å². The molecule has 1 fully saturated rings. The predicted molar refractivity (Wildman–Crippen MR) is 99.6 cm³/mol. The topological polar surface area (TPSA) is 87.4 Å². The minimum absolute atomic E-state index is 0.124. The van der Waals surface area contributed by atoms with Crippen molar-refractivity contribution < 1.29 is 9.32 Å². The zero-order valence-corrected chi connectivity index (χ0v) is 16.0. The molecule has 140 valence electrons. The molecule has 8 nitrogen and oxygen atoms in total. The maximum atomic E-state index is 12.5. The Morgan fingerprint density at radius 2 is 1.85 bits per heavy atom. The van der Waals surface area contributed by atoms with Crippen molar-refractivity contribution in [2.45, 2.75) is 40.5 Å². The van der Waals surface area contributed by atoms with Gasteiger partial charge in [-0.05, 0) is 20.8 Å². The second kappa shape index (κ2) is 7.31. The SMILES string of the molecule is Cc1cc(N2CCN(C(=O)Nc3c(C)noc3C)CC2)nc(C(C)C)n1. The minimum atomic E-state index is -0.124. The lowest BCUT2D eigenvalue weighted by atomic mass is 10.2. The van der Waals surface area contributed by atoms with E-state index in [4.69, 9.17) is 4.52 Å². The number of nitrogens with one attached hydrogen (secondary N) is 1. The van der Waals surface area contributed by atoms with Gasteiger partial charge in [0.2, 0.25) is 0 Å². The van der Waals surface area contributed by atoms with Crippen LogP contribution < -0.4 is 10.2 Å². The highest BCUT2D eigenvalue weighted by atomic mass is 16.5. The van der Waals surface area contributed by atoms with Crippen LogP contribution in [0.15, 0.2) is 10.6 Å². The summed E-state index contributed by atoms with van der Waals surface area (Å²) in [5, 5.41) is 6.77. The van der Waals surface area contributed by atoms with Crippen LogP contribution in [0.25, 0.3) is 0 Å². The van der Waals surface area contributed by atoms with E-state index >= 15 is 0 Å². The monoisotopic (exact) mass is 358 g/mol. The third kappa shape index (κ3) is 3.79. The van der Waals surface area contributed by atoms with Gasteiger partial charge in [-0.2, -0.15) is 0 Å². The van der Waals surface area contributed by atoms with E-state index in [0.29, 0.717) is 30.2 Å². The van der Waals surface area contributed by atoms with Crippen molar-refractivity contribution in [1.29, 1.82) is 0 Å². The third-order valence-electron chi connectivity index (χ3n) is 4.53. The molecule has 0 spiro atoms. The molecular weight excluding hydrogens is 332 g/mol. The highest BCUT2D eigenvalue weighted by molar-refractivity contribution is 5.90. The first-order chi connectivity index (χ1) is 12.3. The van der Waals surface area contributed by atoms with Crippen molar-refractivity contribution in [2.24, 2.45) is 0 Å². The van der Waals surface area contributed by atoms with E-state index in [1.807, 2.05) is 19.9 Å². The van der Waals surface area contributed by atoms with Gasteiger partial charge in [0.25, 0.3) is 0 Å². The van der Waals surface area contributed by atoms with Gasteiger partial charge in [0.1, 0.15) is 23.0 Å². The summed E-state index contributed by atoms with van der Waals surface area (Å²) in [6, 6.07) is 1.88. The highest BCUT2D eigenvalue weighted by Gasteiger charge is 2.24. The number of nitrogens with zero attached hydrogens (tertiary/aromatic N) is 5. The highest BCUT2D eigenvalue weighted by Crippen LogP contribution is 2.21. The molecule has 0 atom stereocenters. The molecule has 3 heterocycles. The smallest absolute Gasteiger partial charge is 0.322 e. The summed E-state index contributed by atoms with van der Waals surface area (Å²) in [5.41, 5.74) is 2.31. The lowest BCUT2D eigenvalue weighted by molar-refractivity contribution is 0.208. The fourth-order valence-electron chi connectivity index (χ4n) is 2.98. The molecule has 0 aliphatic carbocycles. The van der Waals surface area contributed by atoms with Crippen LogP contribution in [0.4, 0.5) is 16.3 Å². The first-order valence-corrected chi connectivity index (χ1v) is 8.94. The zero-order valence-electron chi connectivity index (χ0n) is 16.0. The molecule has 1 N–H and O–H groups in total. The molecule has 3 rings (SSSR count). The normalized spacial score (nSPS) is 14.8. The first kappa shape index (κ1) is 18.2. The number of amides is 2. The van der Waals surface area contributed by atoms with Crippen molar-refractivity contribution in [1.82, 2.24) is 20.0 Å². The van der Waals surface area contributed by atoms with E-state index in [1.54, 1.807) is 11.8 Å². The molecule has 0 saturated carbocycles. The van der Waals surface area contributed by atoms with Gasteiger partial charge in [-0.15, -0.1) is 0 Å². The van der Waals surface area contributed by atoms with Gasteiger partial charge >= 0.3 is 6.03 Å². The Morgan fingerprint density at radius 1 is 1.15 bits per heavy atom. The van der Waals surface area contributed by atoms with Crippen molar-refractivity contribution in [3.05, 3.63) is 29.0 Å². The summed E-state index contributed by atoms with van der Waals surface area (Å²) in [4.78, 5) is 25.7. The standard InChI is InChI=1S/C18H26N6O2/c1-11(2)17-19-12(3)10-15(20-17)23-6-8-24(9-7-23)18(25)21-16-13(4)22-26-14(16)5/h10-11H,6-9H2,1-5H3,(H,21,25). The maximum Gasteiger partial charge on any atom is 0.322 e. The van der Waals surface area contributed by atoms with Crippen LogP contribution in [0.2, 0.25) is 0 Å². The van der Waals surface area contributed by atoms with Gasteiger partial charge in [-0.25, -0.2) is 14.8 Å². The minimum Gasteiger partial charge on any atom is -0.359 e. The molecule has 26 heavy (non-hydrogen) atoms. The number of carbonyl (C=O) groups is 1. The summed E-state index contributed by atoms with van der Waals surface area (Å²) in [5.74, 6) is 2.70. The molecule has 2 amide bonds. The summed E-state index contributed by atoms with van der Waals surface area (Å²) < 4.78 is 5.09. The Hall–Kier alpha value is -2.64. The van der Waals surface area contributed by atoms with E-state index in [2.05, 4.69) is 39.2 Å². The Kier molecular flexibility index (Phi) is 5.11. The average molecular weight is 358 g/mol. The molecule has 0 aromatic carbocycles. The van der Waals surface area contributed by atoms with Crippen LogP contribution in [0.3, 0.4) is 0 Å². The van der Waals surface area contributed by atoms with Crippen LogP contribution >= 0.6 is 0 Å². The number of piperazine rings is 1. The maximum absolute atomic E-state index is 12.5. The molecule has 1 aliphatic rings. The van der Waals surface area contributed by atoms with Crippen molar-refractivity contribution in [3.63, 3.8) is 0 Å². The number of rotatable bonds is 3. The van der Waals surface area contributed by atoms with Crippen LogP contribution in [0, 0.1) is 20.8 Å². The summed E-state index contributed by atoms with van der Waals surface area (Å²) >= 11 is 0. The number of aryl methyl sites for hydroxylation is 3. The summed E-state index contributed by atoms with van der Waals surface area (Å²) in [6.45, 7) is 12.5. The molecule has 8 heteroatoms. The Balaban J connectivity index is 1.63. The number of anilines is 2. The van der Waals surface area contributed by atoms with Crippen molar-refractivity contribution >= 4 is 17.5 Å². The lowest BCUT2D eigenvalue weighted by Gasteiger charge is -2.35. The molecular formula is C18H26N6O2. The number of aromatic nitrogens is 3. The Morgan fingerprint density at radius 3 is 2.42 bits per heavy atom. The number of hydrogen-bond donors (Lipinski definition) is 1. The molecule has 1 aliphatic heterocycles. The summed E-state index contributed by atoms with van der Waals surface area (Å²) in [7, 11) is 0. The van der Waals surface area contributed by atoms with Gasteiger partial charge in [0.15, 0.2) is 5.76 Å². The van der Waals surface area contributed by atoms with E-state index in [0.717, 1.165) is 30.4 Å². The van der Waals surface area contributed by atoms with E-state index in [1.165, 1.54) is 0 Å². The van der Waals surface area contributed by atoms with Crippen LogP contribution in [0.5, 0.6) is 0 Å². The van der Waals surface area contributed by atoms with Gasteiger partial charge in [-0.3, -0.25) is 0 Å². The molecule has 1 saturated heterocycles. The van der Waals surface area contributed by atoms with E-state index in [9.17, 15) is 4.79 Å². The molecule has 0 bridgehead atoms. The predicted octanol–water partition coefficient (Wildman–Crippen LogP) is 2.87. The largest absolute Gasteiger partial charge is 0.359 e. The second-order valence-corrected chi connectivity index (χ2v) is 6.98. The Bertz CT molecular complexity index is 773. The van der Waals surface area contributed by atoms with E-state index < -0.39 is 0 Å². The first-order valence-electron chi connectivity index (χ1n) is 8.94. The average Bonchev–Trinajstić information content (AvgIpc) is 2.93. The van der Waals surface area contributed by atoms with Gasteiger partial charge in [0, 0.05) is 43.9 Å². The number of urea groups is 1. The number of carbonyl (C=O) groups excluding carboxylic acids is 1. The zero-order chi connectivity index (χ0) is 18.8. The fraction of sp³-hybridized carbons (Fsp3) is 0.556. The molecule has 0 radical (unpaired) electrons. The fourth-order valence-corrected chi connectivity index (χ4v) is 2.98. The second-order valence-electron chi connectivity index (χ2n) is 6.98. The lowest BCUT2D eigenvalue weighted by Crippen LogP contribution is -2.50. The van der Waals surface area contributed by atoms with Crippen molar-refractivity contribution in [2.75, 3.05) is 36.4 Å². The van der Waals surface area contributed by atoms with Gasteiger partial charge < -0.3 is 19.6 Å². The van der Waals surface area contributed by atoms with Crippen LogP contribution in [-0.2, 0) is 0 Å². The van der Waals surface area contributed by atoms with Gasteiger partial charge in [0.05, 0.1) is 0 Å².